The maximum atomic E-state index is 12.6. The highest BCUT2D eigenvalue weighted by atomic mass is 16.6. The van der Waals surface area contributed by atoms with Crippen LogP contribution in [0, 0.1) is 0 Å². The second-order valence-electron chi connectivity index (χ2n) is 8.63. The number of carbonyl (C=O) groups is 2. The first-order chi connectivity index (χ1) is 15.7. The molecule has 0 aliphatic heterocycles. The van der Waals surface area contributed by atoms with Crippen molar-refractivity contribution in [2.75, 3.05) is 0 Å². The van der Waals surface area contributed by atoms with Gasteiger partial charge in [-0.1, -0.05) is 66.7 Å². The van der Waals surface area contributed by atoms with Crippen LogP contribution >= 0.6 is 0 Å². The molecular weight excluding hydrogens is 416 g/mol. The van der Waals surface area contributed by atoms with E-state index in [1.807, 2.05) is 86.8 Å². The first kappa shape index (κ1) is 25.7. The monoisotopic (exact) mass is 450 g/mol. The van der Waals surface area contributed by atoms with Gasteiger partial charge in [-0.3, -0.25) is 4.79 Å². The Kier molecular flexibility index (Phi) is 9.73. The van der Waals surface area contributed by atoms with E-state index < -0.39 is 23.7 Å². The van der Waals surface area contributed by atoms with Crippen LogP contribution in [-0.2, 0) is 20.9 Å². The number of ether oxygens (including phenoxy) is 2. The van der Waals surface area contributed by atoms with E-state index in [0.29, 0.717) is 5.70 Å². The van der Waals surface area contributed by atoms with E-state index in [2.05, 4.69) is 10.6 Å². The predicted molar refractivity (Wildman–Crippen MR) is 131 cm³/mol. The Morgan fingerprint density at radius 1 is 1.00 bits per heavy atom. The summed E-state index contributed by atoms with van der Waals surface area (Å²) < 4.78 is 10.8. The van der Waals surface area contributed by atoms with Gasteiger partial charge in [0.15, 0.2) is 0 Å². The third-order valence-corrected chi connectivity index (χ3v) is 4.68. The van der Waals surface area contributed by atoms with E-state index in [0.717, 1.165) is 16.7 Å². The summed E-state index contributed by atoms with van der Waals surface area (Å²) in [5.74, 6) is -0.426. The molecule has 0 aliphatic rings. The first-order valence-corrected chi connectivity index (χ1v) is 11.0. The van der Waals surface area contributed by atoms with Crippen LogP contribution < -0.4 is 10.6 Å². The molecule has 0 aromatic heterocycles. The third-order valence-electron chi connectivity index (χ3n) is 4.68. The number of esters is 1. The van der Waals surface area contributed by atoms with Gasteiger partial charge in [0.2, 0.25) is 0 Å². The highest BCUT2D eigenvalue weighted by Gasteiger charge is 2.24. The van der Waals surface area contributed by atoms with Crippen molar-refractivity contribution in [1.29, 1.82) is 0 Å². The Balaban J connectivity index is 2.11. The van der Waals surface area contributed by atoms with Crippen molar-refractivity contribution in [3.8, 4) is 0 Å². The number of benzene rings is 2. The van der Waals surface area contributed by atoms with Crippen molar-refractivity contribution >= 4 is 17.6 Å². The minimum Gasteiger partial charge on any atom is -0.461 e. The normalized spacial score (nSPS) is 13.1. The molecule has 6 nitrogen and oxygen atoms in total. The van der Waals surface area contributed by atoms with E-state index >= 15 is 0 Å². The van der Waals surface area contributed by atoms with Crippen molar-refractivity contribution in [3.05, 3.63) is 89.8 Å². The molecule has 0 aliphatic carbocycles. The molecule has 2 N–H and O–H groups in total. The van der Waals surface area contributed by atoms with E-state index in [1.165, 1.54) is 0 Å². The molecule has 1 amide bonds. The minimum absolute atomic E-state index is 0.0447. The average molecular weight is 451 g/mol. The molecule has 0 saturated carbocycles. The minimum atomic E-state index is -0.657. The lowest BCUT2D eigenvalue weighted by Crippen LogP contribution is -2.43. The van der Waals surface area contributed by atoms with Crippen LogP contribution in [0.15, 0.2) is 78.6 Å². The van der Waals surface area contributed by atoms with Gasteiger partial charge in [-0.15, -0.1) is 0 Å². The lowest BCUT2D eigenvalue weighted by atomic mass is 10.1. The summed E-state index contributed by atoms with van der Waals surface area (Å²) in [6.45, 7) is 9.36. The molecular formula is C27H34N2O4. The number of nitrogens with one attached hydrogen (secondary N) is 2. The highest BCUT2D eigenvalue weighted by Crippen LogP contribution is 2.14. The van der Waals surface area contributed by atoms with Crippen molar-refractivity contribution in [3.63, 3.8) is 0 Å². The third kappa shape index (κ3) is 9.64. The van der Waals surface area contributed by atoms with Gasteiger partial charge in [-0.25, -0.2) is 4.79 Å². The van der Waals surface area contributed by atoms with E-state index in [1.54, 1.807) is 20.8 Å². The van der Waals surface area contributed by atoms with Crippen molar-refractivity contribution in [2.45, 2.75) is 59.3 Å². The number of hydrogen-bond donors (Lipinski definition) is 2. The molecule has 2 rings (SSSR count). The van der Waals surface area contributed by atoms with Crippen LogP contribution in [0.25, 0.3) is 5.57 Å². The van der Waals surface area contributed by atoms with Crippen LogP contribution in [0.2, 0.25) is 0 Å². The zero-order valence-corrected chi connectivity index (χ0v) is 20.1. The Morgan fingerprint density at radius 2 is 1.61 bits per heavy atom. The fourth-order valence-electron chi connectivity index (χ4n) is 3.01. The molecule has 2 aromatic carbocycles. The van der Waals surface area contributed by atoms with Gasteiger partial charge in [0, 0.05) is 11.9 Å². The molecule has 6 heteroatoms. The fraction of sp³-hybridized carbons (Fsp3) is 0.333. The molecule has 0 spiro atoms. The standard InChI is InChI=1S/C27H34N2O4/c1-6-23(28-18-20(2)22-15-11-8-12-16-22)24(29-26(31)33-27(3,4)5)17-25(30)32-19-21-13-9-7-10-14-21/h6-16,18,24,28H,17,19H2,1-5H3,(H,29,31)/b20-18+,23-6+/t24-/m1/s1. The molecule has 176 valence electrons. The summed E-state index contributed by atoms with van der Waals surface area (Å²) in [4.78, 5) is 25.0. The second-order valence-corrected chi connectivity index (χ2v) is 8.63. The summed E-state index contributed by atoms with van der Waals surface area (Å²) in [6.07, 6.45) is 3.02. The van der Waals surface area contributed by atoms with Crippen LogP contribution in [-0.4, -0.2) is 23.7 Å². The van der Waals surface area contributed by atoms with E-state index in [-0.39, 0.29) is 13.0 Å². The zero-order valence-electron chi connectivity index (χ0n) is 20.1. The second kappa shape index (κ2) is 12.5. The lowest BCUT2D eigenvalue weighted by Gasteiger charge is -2.25. The molecule has 33 heavy (non-hydrogen) atoms. The lowest BCUT2D eigenvalue weighted by molar-refractivity contribution is -0.145. The van der Waals surface area contributed by atoms with Crippen molar-refractivity contribution < 1.29 is 19.1 Å². The number of allylic oxidation sites excluding steroid dienone is 2. The Hall–Kier alpha value is -3.54. The quantitative estimate of drug-likeness (QED) is 0.489. The summed E-state index contributed by atoms with van der Waals surface area (Å²) >= 11 is 0. The Labute approximate surface area is 196 Å². The van der Waals surface area contributed by atoms with Gasteiger partial charge < -0.3 is 20.1 Å². The largest absolute Gasteiger partial charge is 0.461 e. The SMILES string of the molecule is C/C=C(/N/C=C(\C)c1ccccc1)[C@@H](CC(=O)OCc1ccccc1)NC(=O)OC(C)(C)C. The molecule has 0 radical (unpaired) electrons. The van der Waals surface area contributed by atoms with Crippen LogP contribution in [0.5, 0.6) is 0 Å². The predicted octanol–water partition coefficient (Wildman–Crippen LogP) is 5.57. The van der Waals surface area contributed by atoms with Gasteiger partial charge >= 0.3 is 12.1 Å². The van der Waals surface area contributed by atoms with Gasteiger partial charge in [-0.05, 0) is 51.3 Å². The smallest absolute Gasteiger partial charge is 0.408 e. The topological polar surface area (TPSA) is 76.7 Å². The van der Waals surface area contributed by atoms with Gasteiger partial charge in [-0.2, -0.15) is 0 Å². The number of hydrogen-bond acceptors (Lipinski definition) is 5. The van der Waals surface area contributed by atoms with E-state index in [4.69, 9.17) is 9.47 Å². The maximum absolute atomic E-state index is 12.6. The molecule has 0 fully saturated rings. The van der Waals surface area contributed by atoms with Crippen molar-refractivity contribution in [2.24, 2.45) is 0 Å². The van der Waals surface area contributed by atoms with E-state index in [9.17, 15) is 9.59 Å². The maximum Gasteiger partial charge on any atom is 0.408 e. The average Bonchev–Trinajstić information content (AvgIpc) is 2.78. The summed E-state index contributed by atoms with van der Waals surface area (Å²) in [5, 5.41) is 6.03. The van der Waals surface area contributed by atoms with Crippen molar-refractivity contribution in [1.82, 2.24) is 10.6 Å². The molecule has 0 unspecified atom stereocenters. The molecule has 0 bridgehead atoms. The summed E-state index contributed by atoms with van der Waals surface area (Å²) in [6, 6.07) is 18.7. The van der Waals surface area contributed by atoms with Gasteiger partial charge in [0.25, 0.3) is 0 Å². The number of amides is 1. The molecule has 1 atom stereocenters. The molecule has 0 saturated heterocycles. The highest BCUT2D eigenvalue weighted by molar-refractivity contribution is 5.74. The van der Waals surface area contributed by atoms with Crippen LogP contribution in [0.3, 0.4) is 0 Å². The number of carbonyl (C=O) groups excluding carboxylic acids is 2. The Bertz CT molecular complexity index is 961. The van der Waals surface area contributed by atoms with Gasteiger partial charge in [0.1, 0.15) is 12.2 Å². The first-order valence-electron chi connectivity index (χ1n) is 11.0. The molecule has 0 heterocycles. The van der Waals surface area contributed by atoms with Gasteiger partial charge in [0.05, 0.1) is 12.5 Å². The van der Waals surface area contributed by atoms with Crippen LogP contribution in [0.1, 0.15) is 52.2 Å². The summed E-state index contributed by atoms with van der Waals surface area (Å²) in [5.41, 5.74) is 2.98. The summed E-state index contributed by atoms with van der Waals surface area (Å²) in [7, 11) is 0. The van der Waals surface area contributed by atoms with Crippen LogP contribution in [0.4, 0.5) is 4.79 Å². The number of rotatable bonds is 9. The zero-order chi connectivity index (χ0) is 24.3. The molecule has 2 aromatic rings. The fourth-order valence-corrected chi connectivity index (χ4v) is 3.01. The Morgan fingerprint density at radius 3 is 2.18 bits per heavy atom. The number of alkyl carbamates (subject to hydrolysis) is 1.